The van der Waals surface area contributed by atoms with Gasteiger partial charge in [0.2, 0.25) is 5.91 Å². The number of carbonyl (C=O) groups is 1. The van der Waals surface area contributed by atoms with E-state index in [1.165, 1.54) is 0 Å². The summed E-state index contributed by atoms with van der Waals surface area (Å²) in [7, 11) is 0. The first-order valence-corrected chi connectivity index (χ1v) is 7.48. The van der Waals surface area contributed by atoms with Crippen molar-refractivity contribution in [3.05, 3.63) is 60.2 Å². The minimum Gasteiger partial charge on any atom is -0.491 e. The van der Waals surface area contributed by atoms with Gasteiger partial charge in [0.15, 0.2) is 0 Å². The van der Waals surface area contributed by atoms with Crippen LogP contribution in [0.1, 0.15) is 31.9 Å². The van der Waals surface area contributed by atoms with Crippen molar-refractivity contribution in [2.45, 2.75) is 32.4 Å². The van der Waals surface area contributed by atoms with E-state index in [9.17, 15) is 4.79 Å². The number of hydrogen-bond acceptors (Lipinski definition) is 3. The van der Waals surface area contributed by atoms with E-state index in [2.05, 4.69) is 12.2 Å². The smallest absolute Gasteiger partial charge is 0.245 e. The Bertz CT molecular complexity index is 596. The van der Waals surface area contributed by atoms with Crippen molar-refractivity contribution < 1.29 is 9.53 Å². The van der Waals surface area contributed by atoms with Crippen LogP contribution in [0.4, 0.5) is 5.69 Å². The van der Waals surface area contributed by atoms with Crippen LogP contribution in [0, 0.1) is 0 Å². The van der Waals surface area contributed by atoms with Crippen LogP contribution >= 0.6 is 0 Å². The number of rotatable bonds is 6. The molecule has 4 nitrogen and oxygen atoms in total. The lowest BCUT2D eigenvalue weighted by Crippen LogP contribution is -2.27. The van der Waals surface area contributed by atoms with Gasteiger partial charge in [-0.2, -0.15) is 0 Å². The van der Waals surface area contributed by atoms with Crippen LogP contribution in [-0.2, 0) is 4.79 Å². The van der Waals surface area contributed by atoms with E-state index >= 15 is 0 Å². The summed E-state index contributed by atoms with van der Waals surface area (Å²) in [6.07, 6.45) is 1.12. The predicted molar refractivity (Wildman–Crippen MR) is 88.8 cm³/mol. The van der Waals surface area contributed by atoms with Crippen molar-refractivity contribution in [1.82, 2.24) is 0 Å². The second-order valence-corrected chi connectivity index (χ2v) is 5.24. The Hall–Kier alpha value is -2.33. The average Bonchev–Trinajstić information content (AvgIpc) is 2.56. The predicted octanol–water partition coefficient (Wildman–Crippen LogP) is 3.50. The summed E-state index contributed by atoms with van der Waals surface area (Å²) in [4.78, 5) is 12.2. The second kappa shape index (κ2) is 7.61. The Balaban J connectivity index is 1.97. The maximum absolute atomic E-state index is 12.2. The number of nitrogens with one attached hydrogen (secondary N) is 1. The lowest BCUT2D eigenvalue weighted by atomic mass is 10.1. The van der Waals surface area contributed by atoms with Crippen molar-refractivity contribution in [3.63, 3.8) is 0 Å². The van der Waals surface area contributed by atoms with E-state index in [1.807, 2.05) is 61.5 Å². The molecule has 0 saturated carbocycles. The molecule has 4 heteroatoms. The van der Waals surface area contributed by atoms with Crippen LogP contribution < -0.4 is 15.8 Å². The molecule has 0 bridgehead atoms. The van der Waals surface area contributed by atoms with Crippen molar-refractivity contribution in [2.24, 2.45) is 5.73 Å². The number of nitrogens with two attached hydrogens (primary N) is 1. The maximum atomic E-state index is 12.2. The van der Waals surface area contributed by atoms with Gasteiger partial charge in [-0.05, 0) is 43.2 Å². The average molecular weight is 298 g/mol. The van der Waals surface area contributed by atoms with Gasteiger partial charge in [-0.3, -0.25) is 4.79 Å². The number of amides is 1. The zero-order valence-electron chi connectivity index (χ0n) is 13.0. The Labute approximate surface area is 131 Å². The number of benzene rings is 2. The quantitative estimate of drug-likeness (QED) is 0.858. The fraction of sp³-hybridized carbons (Fsp3) is 0.278. The van der Waals surface area contributed by atoms with Crippen LogP contribution in [0.2, 0.25) is 0 Å². The molecule has 0 fully saturated rings. The van der Waals surface area contributed by atoms with Crippen LogP contribution in [0.3, 0.4) is 0 Å². The van der Waals surface area contributed by atoms with Crippen molar-refractivity contribution >= 4 is 11.6 Å². The molecule has 0 saturated heterocycles. The zero-order valence-corrected chi connectivity index (χ0v) is 13.0. The third-order valence-corrected chi connectivity index (χ3v) is 3.48. The van der Waals surface area contributed by atoms with Gasteiger partial charge in [-0.1, -0.05) is 37.3 Å². The molecular formula is C18H22N2O2. The fourth-order valence-corrected chi connectivity index (χ4v) is 1.96. The molecule has 2 aromatic carbocycles. The molecule has 116 valence electrons. The Morgan fingerprint density at radius 2 is 1.77 bits per heavy atom. The standard InChI is InChI=1S/C18H22N2O2/c1-3-13(2)22-16-11-9-15(10-12-16)20-18(21)17(19)14-7-5-4-6-8-14/h4-13,17H,3,19H2,1-2H3,(H,20,21). The molecule has 2 unspecified atom stereocenters. The Morgan fingerprint density at radius 1 is 1.14 bits per heavy atom. The summed E-state index contributed by atoms with van der Waals surface area (Å²) in [5, 5.41) is 2.82. The summed E-state index contributed by atoms with van der Waals surface area (Å²) >= 11 is 0. The van der Waals surface area contributed by atoms with Gasteiger partial charge in [0, 0.05) is 5.69 Å². The van der Waals surface area contributed by atoms with Crippen LogP contribution in [-0.4, -0.2) is 12.0 Å². The van der Waals surface area contributed by atoms with E-state index in [0.29, 0.717) is 5.69 Å². The third-order valence-electron chi connectivity index (χ3n) is 3.48. The molecule has 2 aromatic rings. The summed E-state index contributed by atoms with van der Waals surface area (Å²) < 4.78 is 5.70. The summed E-state index contributed by atoms with van der Waals surface area (Å²) in [5.41, 5.74) is 7.45. The molecular weight excluding hydrogens is 276 g/mol. The fourth-order valence-electron chi connectivity index (χ4n) is 1.96. The molecule has 0 aliphatic carbocycles. The zero-order chi connectivity index (χ0) is 15.9. The highest BCUT2D eigenvalue weighted by Crippen LogP contribution is 2.19. The summed E-state index contributed by atoms with van der Waals surface area (Å²) in [6.45, 7) is 4.10. The molecule has 0 aliphatic rings. The molecule has 0 heterocycles. The monoisotopic (exact) mass is 298 g/mol. The maximum Gasteiger partial charge on any atom is 0.245 e. The number of hydrogen-bond donors (Lipinski definition) is 2. The van der Waals surface area contributed by atoms with Gasteiger partial charge < -0.3 is 15.8 Å². The third kappa shape index (κ3) is 4.33. The second-order valence-electron chi connectivity index (χ2n) is 5.24. The molecule has 1 amide bonds. The first kappa shape index (κ1) is 16.0. The minimum atomic E-state index is -0.683. The lowest BCUT2D eigenvalue weighted by Gasteiger charge is -2.14. The minimum absolute atomic E-state index is 0.173. The number of anilines is 1. The van der Waals surface area contributed by atoms with Gasteiger partial charge in [0.1, 0.15) is 11.8 Å². The van der Waals surface area contributed by atoms with E-state index in [-0.39, 0.29) is 12.0 Å². The van der Waals surface area contributed by atoms with Crippen molar-refractivity contribution in [3.8, 4) is 5.75 Å². The van der Waals surface area contributed by atoms with Gasteiger partial charge in [-0.25, -0.2) is 0 Å². The normalized spacial score (nSPS) is 13.2. The van der Waals surface area contributed by atoms with Crippen molar-refractivity contribution in [1.29, 1.82) is 0 Å². The Morgan fingerprint density at radius 3 is 2.36 bits per heavy atom. The molecule has 2 atom stereocenters. The number of ether oxygens (including phenoxy) is 1. The van der Waals surface area contributed by atoms with Gasteiger partial charge >= 0.3 is 0 Å². The molecule has 3 N–H and O–H groups in total. The highest BCUT2D eigenvalue weighted by atomic mass is 16.5. The SMILES string of the molecule is CCC(C)Oc1ccc(NC(=O)C(N)c2ccccc2)cc1. The van der Waals surface area contributed by atoms with Gasteiger partial charge in [0.25, 0.3) is 0 Å². The van der Waals surface area contributed by atoms with Crippen LogP contribution in [0.25, 0.3) is 0 Å². The number of carbonyl (C=O) groups excluding carboxylic acids is 1. The molecule has 0 spiro atoms. The summed E-state index contributed by atoms with van der Waals surface area (Å²) in [6, 6.07) is 15.9. The van der Waals surface area contributed by atoms with Crippen molar-refractivity contribution in [2.75, 3.05) is 5.32 Å². The molecule has 0 radical (unpaired) electrons. The van der Waals surface area contributed by atoms with Gasteiger partial charge in [-0.15, -0.1) is 0 Å². The van der Waals surface area contributed by atoms with E-state index in [4.69, 9.17) is 10.5 Å². The largest absolute Gasteiger partial charge is 0.491 e. The van der Waals surface area contributed by atoms with Crippen LogP contribution in [0.15, 0.2) is 54.6 Å². The molecule has 2 rings (SSSR count). The molecule has 0 aliphatic heterocycles. The highest BCUT2D eigenvalue weighted by Gasteiger charge is 2.15. The molecule has 0 aromatic heterocycles. The molecule has 22 heavy (non-hydrogen) atoms. The van der Waals surface area contributed by atoms with E-state index in [1.54, 1.807) is 0 Å². The van der Waals surface area contributed by atoms with Crippen LogP contribution in [0.5, 0.6) is 5.75 Å². The van der Waals surface area contributed by atoms with E-state index < -0.39 is 6.04 Å². The topological polar surface area (TPSA) is 64.3 Å². The highest BCUT2D eigenvalue weighted by molar-refractivity contribution is 5.95. The Kier molecular flexibility index (Phi) is 5.55. The van der Waals surface area contributed by atoms with E-state index in [0.717, 1.165) is 17.7 Å². The first-order valence-electron chi connectivity index (χ1n) is 7.48. The first-order chi connectivity index (χ1) is 10.6. The van der Waals surface area contributed by atoms with Gasteiger partial charge in [0.05, 0.1) is 6.10 Å². The summed E-state index contributed by atoms with van der Waals surface area (Å²) in [5.74, 6) is 0.557. The lowest BCUT2D eigenvalue weighted by molar-refractivity contribution is -0.117.